The van der Waals surface area contributed by atoms with Crippen molar-refractivity contribution in [3.8, 4) is 22.6 Å². The fourth-order valence-electron chi connectivity index (χ4n) is 3.03. The van der Waals surface area contributed by atoms with Gasteiger partial charge in [0, 0.05) is 17.7 Å². The molecule has 5 heteroatoms. The number of Topliss-reactive ketones (excluding diaryl/α,β-unsaturated/α-hetero) is 1. The van der Waals surface area contributed by atoms with E-state index < -0.39 is 5.63 Å². The molecule has 0 spiro atoms. The summed E-state index contributed by atoms with van der Waals surface area (Å²) in [6.07, 6.45) is 1.73. The molecule has 2 aromatic carbocycles. The first-order valence-electron chi connectivity index (χ1n) is 8.47. The van der Waals surface area contributed by atoms with E-state index in [0.717, 1.165) is 5.56 Å². The highest BCUT2D eigenvalue weighted by Crippen LogP contribution is 2.42. The van der Waals surface area contributed by atoms with Crippen LogP contribution >= 0.6 is 0 Å². The van der Waals surface area contributed by atoms with E-state index in [9.17, 15) is 9.59 Å². The van der Waals surface area contributed by atoms with Crippen molar-refractivity contribution in [3.63, 3.8) is 0 Å². The van der Waals surface area contributed by atoms with E-state index in [1.54, 1.807) is 26.0 Å². The van der Waals surface area contributed by atoms with Crippen LogP contribution in [-0.2, 0) is 0 Å². The summed E-state index contributed by atoms with van der Waals surface area (Å²) in [4.78, 5) is 25.1. The summed E-state index contributed by atoms with van der Waals surface area (Å²) in [6.45, 7) is 3.52. The molecule has 138 valence electrons. The first kappa shape index (κ1) is 18.5. The van der Waals surface area contributed by atoms with Crippen molar-refractivity contribution in [3.05, 3.63) is 70.1 Å². The topological polar surface area (TPSA) is 65.7 Å². The van der Waals surface area contributed by atoms with Crippen LogP contribution in [0.15, 0.2) is 63.3 Å². The van der Waals surface area contributed by atoms with E-state index in [4.69, 9.17) is 13.9 Å². The zero-order valence-corrected chi connectivity index (χ0v) is 15.7. The van der Waals surface area contributed by atoms with Crippen LogP contribution in [0.5, 0.6) is 11.5 Å². The van der Waals surface area contributed by atoms with Crippen molar-refractivity contribution in [1.82, 2.24) is 0 Å². The summed E-state index contributed by atoms with van der Waals surface area (Å²) in [7, 11) is 2.94. The number of fused-ring (bicyclic) bond motifs is 1. The van der Waals surface area contributed by atoms with Gasteiger partial charge in [0.1, 0.15) is 22.6 Å². The largest absolute Gasteiger partial charge is 0.496 e. The molecule has 0 fully saturated rings. The van der Waals surface area contributed by atoms with Crippen LogP contribution in [0.2, 0.25) is 0 Å². The third kappa shape index (κ3) is 3.24. The summed E-state index contributed by atoms with van der Waals surface area (Å²) in [5.41, 5.74) is 2.12. The molecule has 0 saturated heterocycles. The summed E-state index contributed by atoms with van der Waals surface area (Å²) in [5.74, 6) is 0.398. The maximum absolute atomic E-state index is 13.0. The zero-order chi connectivity index (χ0) is 19.6. The van der Waals surface area contributed by atoms with Crippen LogP contribution in [0.4, 0.5) is 0 Å². The Kier molecular flexibility index (Phi) is 5.12. The van der Waals surface area contributed by atoms with Gasteiger partial charge in [-0.05, 0) is 25.0 Å². The zero-order valence-electron chi connectivity index (χ0n) is 15.7. The number of hydrogen-bond donors (Lipinski definition) is 0. The van der Waals surface area contributed by atoms with Crippen LogP contribution in [0.3, 0.4) is 0 Å². The molecule has 27 heavy (non-hydrogen) atoms. The van der Waals surface area contributed by atoms with Crippen LogP contribution in [0, 0.1) is 0 Å². The molecule has 0 amide bonds. The highest BCUT2D eigenvalue weighted by Gasteiger charge is 2.25. The standard InChI is InChI=1S/C22H20O5/c1-5-13(2)21(24)20-16(25-3)12-17-19(22(20)26-4)15(11-18(23)27-17)14-9-7-6-8-10-14/h5-12H,1-4H3/b13-5+. The Balaban J connectivity index is 2.50. The number of ether oxygens (including phenoxy) is 2. The van der Waals surface area contributed by atoms with Crippen LogP contribution < -0.4 is 15.1 Å². The summed E-state index contributed by atoms with van der Waals surface area (Å²) >= 11 is 0. The second kappa shape index (κ2) is 7.50. The average molecular weight is 364 g/mol. The molecule has 0 aliphatic carbocycles. The minimum Gasteiger partial charge on any atom is -0.496 e. The summed E-state index contributed by atoms with van der Waals surface area (Å²) in [6, 6.07) is 12.4. The van der Waals surface area contributed by atoms with Crippen LogP contribution in [0.25, 0.3) is 22.1 Å². The molecule has 0 aliphatic heterocycles. The lowest BCUT2D eigenvalue weighted by molar-refractivity contribution is 0.102. The van der Waals surface area contributed by atoms with E-state index in [1.165, 1.54) is 20.3 Å². The molecule has 0 unspecified atom stereocenters. The number of hydrogen-bond acceptors (Lipinski definition) is 5. The number of rotatable bonds is 5. The highest BCUT2D eigenvalue weighted by molar-refractivity contribution is 6.16. The Hall–Kier alpha value is -3.34. The smallest absolute Gasteiger partial charge is 0.336 e. The molecule has 0 saturated carbocycles. The molecule has 3 aromatic rings. The molecule has 0 radical (unpaired) electrons. The van der Waals surface area contributed by atoms with E-state index in [1.807, 2.05) is 30.3 Å². The maximum atomic E-state index is 13.0. The number of allylic oxidation sites excluding steroid dienone is 2. The number of methoxy groups -OCH3 is 2. The molecule has 0 bridgehead atoms. The van der Waals surface area contributed by atoms with Gasteiger partial charge < -0.3 is 13.9 Å². The Morgan fingerprint density at radius 1 is 1.07 bits per heavy atom. The average Bonchev–Trinajstić information content (AvgIpc) is 2.70. The highest BCUT2D eigenvalue weighted by atomic mass is 16.5. The van der Waals surface area contributed by atoms with Gasteiger partial charge >= 0.3 is 5.63 Å². The van der Waals surface area contributed by atoms with E-state index in [2.05, 4.69) is 0 Å². The summed E-state index contributed by atoms with van der Waals surface area (Å²) < 4.78 is 16.4. The van der Waals surface area contributed by atoms with Crippen LogP contribution in [0.1, 0.15) is 24.2 Å². The van der Waals surface area contributed by atoms with Gasteiger partial charge in [-0.1, -0.05) is 36.4 Å². The number of carbonyl (C=O) groups excluding carboxylic acids is 1. The Bertz CT molecular complexity index is 1090. The molecule has 0 N–H and O–H groups in total. The molecule has 0 atom stereocenters. The van der Waals surface area contributed by atoms with Gasteiger partial charge in [-0.25, -0.2) is 4.79 Å². The van der Waals surface area contributed by atoms with Gasteiger partial charge in [-0.2, -0.15) is 0 Å². The lowest BCUT2D eigenvalue weighted by Crippen LogP contribution is -2.08. The van der Waals surface area contributed by atoms with Gasteiger partial charge in [0.25, 0.3) is 0 Å². The quantitative estimate of drug-likeness (QED) is 0.375. The van der Waals surface area contributed by atoms with Gasteiger partial charge in [-0.15, -0.1) is 0 Å². The molecule has 1 aromatic heterocycles. The lowest BCUT2D eigenvalue weighted by Gasteiger charge is -2.17. The van der Waals surface area contributed by atoms with Gasteiger partial charge in [0.2, 0.25) is 0 Å². The van der Waals surface area contributed by atoms with Crippen LogP contribution in [-0.4, -0.2) is 20.0 Å². The Morgan fingerprint density at radius 2 is 1.78 bits per heavy atom. The number of carbonyl (C=O) groups is 1. The molecule has 0 aliphatic rings. The van der Waals surface area contributed by atoms with E-state index in [-0.39, 0.29) is 5.78 Å². The normalized spacial score (nSPS) is 11.5. The first-order valence-corrected chi connectivity index (χ1v) is 8.47. The Labute approximate surface area is 156 Å². The number of ketones is 1. The van der Waals surface area contributed by atoms with Crippen molar-refractivity contribution in [2.75, 3.05) is 14.2 Å². The first-order chi connectivity index (χ1) is 13.0. The lowest BCUT2D eigenvalue weighted by atomic mass is 9.95. The SMILES string of the molecule is C/C=C(\C)C(=O)c1c(OC)cc2oc(=O)cc(-c3ccccc3)c2c1OC. The minimum atomic E-state index is -0.492. The maximum Gasteiger partial charge on any atom is 0.336 e. The second-order valence-electron chi connectivity index (χ2n) is 6.01. The predicted molar refractivity (Wildman–Crippen MR) is 105 cm³/mol. The third-order valence-electron chi connectivity index (χ3n) is 4.48. The second-order valence-corrected chi connectivity index (χ2v) is 6.01. The monoisotopic (exact) mass is 364 g/mol. The number of benzene rings is 2. The molecular weight excluding hydrogens is 344 g/mol. The summed E-state index contributed by atoms with van der Waals surface area (Å²) in [5, 5.41) is 0.552. The van der Waals surface area contributed by atoms with Gasteiger partial charge in [0.05, 0.1) is 19.6 Å². The minimum absolute atomic E-state index is 0.210. The Morgan fingerprint density at radius 3 is 2.37 bits per heavy atom. The molecule has 1 heterocycles. The van der Waals surface area contributed by atoms with Crippen molar-refractivity contribution in [2.24, 2.45) is 0 Å². The molecule has 5 nitrogen and oxygen atoms in total. The van der Waals surface area contributed by atoms with Gasteiger partial charge in [-0.3, -0.25) is 4.79 Å². The van der Waals surface area contributed by atoms with E-state index >= 15 is 0 Å². The molecular formula is C22H20O5. The van der Waals surface area contributed by atoms with E-state index in [0.29, 0.717) is 39.2 Å². The fraction of sp³-hybridized carbons (Fsp3) is 0.182. The predicted octanol–water partition coefficient (Wildman–Crippen LogP) is 4.63. The fourth-order valence-corrected chi connectivity index (χ4v) is 3.03. The molecule has 3 rings (SSSR count). The van der Waals surface area contributed by atoms with Crippen molar-refractivity contribution in [1.29, 1.82) is 0 Å². The third-order valence-corrected chi connectivity index (χ3v) is 4.48. The van der Waals surface area contributed by atoms with Gasteiger partial charge in [0.15, 0.2) is 5.78 Å². The van der Waals surface area contributed by atoms with Crippen molar-refractivity contribution in [2.45, 2.75) is 13.8 Å². The van der Waals surface area contributed by atoms with Crippen molar-refractivity contribution >= 4 is 16.8 Å². The van der Waals surface area contributed by atoms with Crippen molar-refractivity contribution < 1.29 is 18.7 Å².